The summed E-state index contributed by atoms with van der Waals surface area (Å²) in [7, 11) is 0. The molecular formula is C14H20N4O5. The fraction of sp³-hybridized carbons (Fsp3) is 0.571. The molecule has 0 spiro atoms. The number of nitrogens with zero attached hydrogens (tertiary/aromatic N) is 2. The number of hydrogen-bond donors (Lipinski definition) is 3. The molecule has 9 heteroatoms. The standard InChI is InChI=1S/C14H20N4O5/c1-9(19)15-7-12(21)17-6-4-14(2,23)10(8-17)18-5-3-11(20)16-13(18)22/h3,5,10,23H,4,6-8H2,1-2H3,(H,15,19)(H,16,20,22)/t10-,14-/m1/s1. The molecule has 1 fully saturated rings. The first-order chi connectivity index (χ1) is 10.7. The summed E-state index contributed by atoms with van der Waals surface area (Å²) in [5.74, 6) is -0.603. The average Bonchev–Trinajstić information content (AvgIpc) is 2.45. The summed E-state index contributed by atoms with van der Waals surface area (Å²) in [5.41, 5.74) is -2.37. The van der Waals surface area contributed by atoms with Crippen molar-refractivity contribution in [2.24, 2.45) is 0 Å². The van der Waals surface area contributed by atoms with Gasteiger partial charge >= 0.3 is 5.69 Å². The Balaban J connectivity index is 2.22. The number of aliphatic hydroxyl groups is 1. The highest BCUT2D eigenvalue weighted by atomic mass is 16.3. The van der Waals surface area contributed by atoms with Crippen molar-refractivity contribution in [3.05, 3.63) is 33.1 Å². The lowest BCUT2D eigenvalue weighted by atomic mass is 9.88. The molecule has 3 N–H and O–H groups in total. The largest absolute Gasteiger partial charge is 0.388 e. The Labute approximate surface area is 131 Å². The molecule has 1 aliphatic rings. The Morgan fingerprint density at radius 3 is 2.78 bits per heavy atom. The third-order valence-electron chi connectivity index (χ3n) is 4.03. The molecule has 0 aliphatic carbocycles. The van der Waals surface area contributed by atoms with Crippen molar-refractivity contribution in [2.45, 2.75) is 31.9 Å². The van der Waals surface area contributed by atoms with E-state index in [1.54, 1.807) is 6.92 Å². The van der Waals surface area contributed by atoms with Crippen molar-refractivity contribution < 1.29 is 14.7 Å². The highest BCUT2D eigenvalue weighted by Crippen LogP contribution is 2.30. The average molecular weight is 324 g/mol. The number of rotatable bonds is 3. The number of nitrogens with one attached hydrogen (secondary N) is 2. The number of aromatic nitrogens is 2. The van der Waals surface area contributed by atoms with Gasteiger partial charge in [0.15, 0.2) is 0 Å². The Morgan fingerprint density at radius 1 is 1.48 bits per heavy atom. The molecule has 1 saturated heterocycles. The molecule has 1 aliphatic heterocycles. The number of amides is 2. The minimum Gasteiger partial charge on any atom is -0.388 e. The summed E-state index contributed by atoms with van der Waals surface area (Å²) in [6.07, 6.45) is 1.58. The summed E-state index contributed by atoms with van der Waals surface area (Å²) in [6.45, 7) is 3.20. The van der Waals surface area contributed by atoms with Gasteiger partial charge in [0, 0.05) is 32.3 Å². The van der Waals surface area contributed by atoms with Gasteiger partial charge in [0.05, 0.1) is 18.2 Å². The molecule has 126 valence electrons. The van der Waals surface area contributed by atoms with E-state index in [-0.39, 0.29) is 31.3 Å². The summed E-state index contributed by atoms with van der Waals surface area (Å²) < 4.78 is 1.22. The highest BCUT2D eigenvalue weighted by molar-refractivity contribution is 5.83. The molecule has 0 radical (unpaired) electrons. The van der Waals surface area contributed by atoms with Gasteiger partial charge in [-0.3, -0.25) is 23.9 Å². The Bertz CT molecular complexity index is 720. The second-order valence-electron chi connectivity index (χ2n) is 5.89. The van der Waals surface area contributed by atoms with Gasteiger partial charge in [0.25, 0.3) is 5.56 Å². The molecule has 1 aromatic rings. The number of H-pyrrole nitrogens is 1. The van der Waals surface area contributed by atoms with Gasteiger partial charge in [-0.25, -0.2) is 4.79 Å². The van der Waals surface area contributed by atoms with E-state index in [0.717, 1.165) is 0 Å². The molecule has 2 atom stereocenters. The third-order valence-corrected chi connectivity index (χ3v) is 4.03. The molecule has 0 bridgehead atoms. The van der Waals surface area contributed by atoms with Crippen LogP contribution in [0.3, 0.4) is 0 Å². The quantitative estimate of drug-likeness (QED) is 0.605. The minimum absolute atomic E-state index is 0.109. The van der Waals surface area contributed by atoms with E-state index in [9.17, 15) is 24.3 Å². The van der Waals surface area contributed by atoms with Crippen molar-refractivity contribution >= 4 is 11.8 Å². The highest BCUT2D eigenvalue weighted by Gasteiger charge is 2.40. The maximum atomic E-state index is 12.1. The molecular weight excluding hydrogens is 304 g/mol. The normalized spacial score (nSPS) is 24.3. The van der Waals surface area contributed by atoms with Crippen LogP contribution in [0.1, 0.15) is 26.3 Å². The van der Waals surface area contributed by atoms with Gasteiger partial charge in [-0.15, -0.1) is 0 Å². The zero-order chi connectivity index (χ0) is 17.2. The number of carbonyl (C=O) groups is 2. The molecule has 2 amide bonds. The van der Waals surface area contributed by atoms with Crippen LogP contribution < -0.4 is 16.6 Å². The van der Waals surface area contributed by atoms with Gasteiger partial charge in [-0.1, -0.05) is 0 Å². The van der Waals surface area contributed by atoms with E-state index in [1.165, 1.54) is 28.7 Å². The summed E-state index contributed by atoms with van der Waals surface area (Å²) in [4.78, 5) is 49.8. The molecule has 2 heterocycles. The van der Waals surface area contributed by atoms with Crippen LogP contribution >= 0.6 is 0 Å². The van der Waals surface area contributed by atoms with Crippen LogP contribution in [0.25, 0.3) is 0 Å². The summed E-state index contributed by atoms with van der Waals surface area (Å²) >= 11 is 0. The van der Waals surface area contributed by atoms with E-state index < -0.39 is 22.9 Å². The van der Waals surface area contributed by atoms with Crippen LogP contribution in [0.2, 0.25) is 0 Å². The maximum absolute atomic E-state index is 12.1. The van der Waals surface area contributed by atoms with Crippen LogP contribution in [0.15, 0.2) is 21.9 Å². The SMILES string of the molecule is CC(=O)NCC(=O)N1CC[C@@](C)(O)[C@H](n2ccc(=O)[nH]c2=O)C1. The number of carbonyl (C=O) groups excluding carboxylic acids is 2. The lowest BCUT2D eigenvalue weighted by Gasteiger charge is -2.43. The van der Waals surface area contributed by atoms with E-state index in [0.29, 0.717) is 6.54 Å². The monoisotopic (exact) mass is 324 g/mol. The fourth-order valence-electron chi connectivity index (χ4n) is 2.62. The second-order valence-corrected chi connectivity index (χ2v) is 5.89. The van der Waals surface area contributed by atoms with Crippen molar-refractivity contribution in [3.8, 4) is 0 Å². The predicted octanol–water partition coefficient (Wildman–Crippen LogP) is -1.80. The molecule has 9 nitrogen and oxygen atoms in total. The first-order valence-corrected chi connectivity index (χ1v) is 7.27. The second kappa shape index (κ2) is 6.37. The maximum Gasteiger partial charge on any atom is 0.328 e. The minimum atomic E-state index is -1.20. The number of hydrogen-bond acceptors (Lipinski definition) is 5. The van der Waals surface area contributed by atoms with Crippen molar-refractivity contribution in [3.63, 3.8) is 0 Å². The lowest BCUT2D eigenvalue weighted by molar-refractivity contribution is -0.138. The van der Waals surface area contributed by atoms with Gasteiger partial charge in [-0.05, 0) is 13.3 Å². The van der Waals surface area contributed by atoms with E-state index in [4.69, 9.17) is 0 Å². The summed E-state index contributed by atoms with van der Waals surface area (Å²) in [5, 5.41) is 13.0. The van der Waals surface area contributed by atoms with Crippen molar-refractivity contribution in [1.82, 2.24) is 19.8 Å². The summed E-state index contributed by atoms with van der Waals surface area (Å²) in [6, 6.07) is 0.497. The molecule has 1 aromatic heterocycles. The predicted molar refractivity (Wildman–Crippen MR) is 80.9 cm³/mol. The number of likely N-dealkylation sites (tertiary alicyclic amines) is 1. The molecule has 2 rings (SSSR count). The fourth-order valence-corrected chi connectivity index (χ4v) is 2.62. The number of aromatic amines is 1. The van der Waals surface area contributed by atoms with E-state index >= 15 is 0 Å². The van der Waals surface area contributed by atoms with Crippen LogP contribution in [0.4, 0.5) is 0 Å². The van der Waals surface area contributed by atoms with E-state index in [1.807, 2.05) is 0 Å². The van der Waals surface area contributed by atoms with Gasteiger partial charge in [0.1, 0.15) is 0 Å². The molecule has 23 heavy (non-hydrogen) atoms. The Kier molecular flexibility index (Phi) is 4.69. The topological polar surface area (TPSA) is 124 Å². The zero-order valence-corrected chi connectivity index (χ0v) is 13.0. The van der Waals surface area contributed by atoms with Crippen molar-refractivity contribution in [1.29, 1.82) is 0 Å². The van der Waals surface area contributed by atoms with Crippen LogP contribution in [0.5, 0.6) is 0 Å². The Morgan fingerprint density at radius 2 is 2.17 bits per heavy atom. The first-order valence-electron chi connectivity index (χ1n) is 7.27. The number of piperidine rings is 1. The molecule has 0 unspecified atom stereocenters. The van der Waals surface area contributed by atoms with Gasteiger partial charge in [-0.2, -0.15) is 0 Å². The Hall–Kier alpha value is -2.42. The smallest absolute Gasteiger partial charge is 0.328 e. The van der Waals surface area contributed by atoms with Gasteiger partial charge in [0.2, 0.25) is 11.8 Å². The van der Waals surface area contributed by atoms with Crippen LogP contribution in [-0.2, 0) is 9.59 Å². The van der Waals surface area contributed by atoms with Gasteiger partial charge < -0.3 is 15.3 Å². The third kappa shape index (κ3) is 3.86. The molecule has 0 aromatic carbocycles. The lowest BCUT2D eigenvalue weighted by Crippen LogP contribution is -2.56. The zero-order valence-electron chi connectivity index (χ0n) is 13.0. The first kappa shape index (κ1) is 16.9. The van der Waals surface area contributed by atoms with Crippen molar-refractivity contribution in [2.75, 3.05) is 19.6 Å². The van der Waals surface area contributed by atoms with E-state index in [2.05, 4.69) is 10.3 Å². The van der Waals surface area contributed by atoms with Crippen LogP contribution in [-0.4, -0.2) is 56.6 Å². The molecule has 0 saturated carbocycles. The van der Waals surface area contributed by atoms with Crippen LogP contribution in [0, 0.1) is 0 Å².